The van der Waals surface area contributed by atoms with Gasteiger partial charge in [0.2, 0.25) is 0 Å². The summed E-state index contributed by atoms with van der Waals surface area (Å²) in [5, 5.41) is 13.4. The second-order valence-electron chi connectivity index (χ2n) is 5.06. The highest BCUT2D eigenvalue weighted by molar-refractivity contribution is 7.98. The van der Waals surface area contributed by atoms with E-state index >= 15 is 0 Å². The lowest BCUT2D eigenvalue weighted by molar-refractivity contribution is -0.463. The number of nitrogens with one attached hydrogen (secondary N) is 1. The molecule has 1 aromatic heterocycles. The SMILES string of the molecule is CN=C(C[N+](=O)[O-])NCCSCc1ccc(CCN(C)C)o1. The monoisotopic (exact) mass is 328 g/mol. The first-order valence-electron chi connectivity index (χ1n) is 7.12. The normalized spacial score (nSPS) is 11.9. The zero-order chi connectivity index (χ0) is 16.4. The number of hydrogen-bond donors (Lipinski definition) is 1. The predicted octanol–water partition coefficient (Wildman–Crippen LogP) is 1.51. The van der Waals surface area contributed by atoms with Crippen molar-refractivity contribution in [2.45, 2.75) is 12.2 Å². The van der Waals surface area contributed by atoms with Gasteiger partial charge >= 0.3 is 0 Å². The van der Waals surface area contributed by atoms with Crippen molar-refractivity contribution in [1.82, 2.24) is 10.2 Å². The number of amidine groups is 1. The summed E-state index contributed by atoms with van der Waals surface area (Å²) in [6.07, 6.45) is 0.913. The molecular formula is C14H24N4O3S. The molecule has 0 unspecified atom stereocenters. The van der Waals surface area contributed by atoms with Gasteiger partial charge in [-0.2, -0.15) is 11.8 Å². The molecule has 1 rings (SSSR count). The Morgan fingerprint density at radius 2 is 2.18 bits per heavy atom. The summed E-state index contributed by atoms with van der Waals surface area (Å²) in [6, 6.07) is 4.04. The van der Waals surface area contributed by atoms with Gasteiger partial charge < -0.3 is 14.6 Å². The number of thioether (sulfide) groups is 1. The molecule has 0 spiro atoms. The Labute approximate surface area is 135 Å². The van der Waals surface area contributed by atoms with Crippen LogP contribution in [0.3, 0.4) is 0 Å². The van der Waals surface area contributed by atoms with Crippen LogP contribution in [-0.2, 0) is 12.2 Å². The fourth-order valence-electron chi connectivity index (χ4n) is 1.74. The minimum Gasteiger partial charge on any atom is -0.465 e. The molecule has 1 N–H and O–H groups in total. The van der Waals surface area contributed by atoms with Crippen molar-refractivity contribution in [2.75, 3.05) is 46.5 Å². The third-order valence-electron chi connectivity index (χ3n) is 2.89. The summed E-state index contributed by atoms with van der Waals surface area (Å²) in [7, 11) is 5.63. The van der Waals surface area contributed by atoms with Crippen molar-refractivity contribution in [3.05, 3.63) is 33.8 Å². The first kappa shape index (κ1) is 18.5. The molecule has 0 saturated carbocycles. The topological polar surface area (TPSA) is 83.9 Å². The van der Waals surface area contributed by atoms with Gasteiger partial charge in [-0.15, -0.1) is 0 Å². The van der Waals surface area contributed by atoms with Gasteiger partial charge in [-0.05, 0) is 26.2 Å². The lowest BCUT2D eigenvalue weighted by atomic mass is 10.3. The van der Waals surface area contributed by atoms with Crippen LogP contribution in [0.4, 0.5) is 0 Å². The molecule has 1 heterocycles. The molecule has 0 aliphatic carbocycles. The van der Waals surface area contributed by atoms with E-state index in [-0.39, 0.29) is 11.5 Å². The van der Waals surface area contributed by atoms with E-state index in [9.17, 15) is 10.1 Å². The van der Waals surface area contributed by atoms with E-state index in [0.29, 0.717) is 12.4 Å². The van der Waals surface area contributed by atoms with Crippen LogP contribution in [0.15, 0.2) is 21.5 Å². The first-order valence-corrected chi connectivity index (χ1v) is 8.28. The van der Waals surface area contributed by atoms with Crippen LogP contribution in [0.5, 0.6) is 0 Å². The predicted molar refractivity (Wildman–Crippen MR) is 90.4 cm³/mol. The van der Waals surface area contributed by atoms with Crippen molar-refractivity contribution >= 4 is 17.6 Å². The summed E-state index contributed by atoms with van der Waals surface area (Å²) in [4.78, 5) is 16.0. The molecule has 7 nitrogen and oxygen atoms in total. The number of rotatable bonds is 10. The van der Waals surface area contributed by atoms with Gasteiger partial charge in [0.25, 0.3) is 6.54 Å². The van der Waals surface area contributed by atoms with Crippen LogP contribution in [0.1, 0.15) is 11.5 Å². The van der Waals surface area contributed by atoms with Crippen LogP contribution >= 0.6 is 11.8 Å². The fourth-order valence-corrected chi connectivity index (χ4v) is 2.48. The maximum atomic E-state index is 10.4. The zero-order valence-corrected chi connectivity index (χ0v) is 14.2. The van der Waals surface area contributed by atoms with Gasteiger partial charge in [-0.1, -0.05) is 0 Å². The molecule has 124 valence electrons. The van der Waals surface area contributed by atoms with Crippen molar-refractivity contribution in [2.24, 2.45) is 4.99 Å². The molecule has 0 aliphatic rings. The van der Waals surface area contributed by atoms with Crippen LogP contribution in [0, 0.1) is 10.1 Å². The third-order valence-corrected chi connectivity index (χ3v) is 3.87. The summed E-state index contributed by atoms with van der Waals surface area (Å²) >= 11 is 1.72. The number of likely N-dealkylation sites (N-methyl/N-ethyl adjacent to an activating group) is 1. The number of hydrogen-bond acceptors (Lipinski definition) is 6. The van der Waals surface area contributed by atoms with Gasteiger partial charge in [0.15, 0.2) is 5.84 Å². The number of aliphatic imine (C=N–C) groups is 1. The highest BCUT2D eigenvalue weighted by Crippen LogP contribution is 2.15. The van der Waals surface area contributed by atoms with E-state index in [2.05, 4.69) is 15.2 Å². The molecule has 0 aliphatic heterocycles. The fraction of sp³-hybridized carbons (Fsp3) is 0.643. The molecular weight excluding hydrogens is 304 g/mol. The minimum absolute atomic E-state index is 0.255. The van der Waals surface area contributed by atoms with Crippen LogP contribution in [0.2, 0.25) is 0 Å². The molecule has 0 aromatic carbocycles. The van der Waals surface area contributed by atoms with Crippen molar-refractivity contribution in [3.8, 4) is 0 Å². The first-order chi connectivity index (χ1) is 10.5. The van der Waals surface area contributed by atoms with Crippen molar-refractivity contribution in [1.29, 1.82) is 0 Å². The van der Waals surface area contributed by atoms with Gasteiger partial charge in [0, 0.05) is 37.2 Å². The molecule has 0 bridgehead atoms. The van der Waals surface area contributed by atoms with E-state index < -0.39 is 0 Å². The second-order valence-corrected chi connectivity index (χ2v) is 6.17. The Kier molecular flexibility index (Phi) is 8.61. The number of nitrogens with zero attached hydrogens (tertiary/aromatic N) is 3. The molecule has 0 radical (unpaired) electrons. The standard InChI is InChI=1S/C14H24N4O3S/c1-15-14(10-18(19)20)16-7-9-22-11-13-5-4-12(21-13)6-8-17(2)3/h4-5H,6-11H2,1-3H3,(H,15,16). The Hall–Kier alpha value is -1.54. The van der Waals surface area contributed by atoms with Gasteiger partial charge in [-0.3, -0.25) is 15.1 Å². The van der Waals surface area contributed by atoms with E-state index in [0.717, 1.165) is 36.0 Å². The van der Waals surface area contributed by atoms with E-state index in [1.165, 1.54) is 0 Å². The lowest BCUT2D eigenvalue weighted by Crippen LogP contribution is -2.31. The van der Waals surface area contributed by atoms with Crippen LogP contribution < -0.4 is 5.32 Å². The molecule has 0 saturated heterocycles. The number of furan rings is 1. The summed E-state index contributed by atoms with van der Waals surface area (Å²) < 4.78 is 5.75. The third kappa shape index (κ3) is 8.04. The Morgan fingerprint density at radius 3 is 2.82 bits per heavy atom. The average Bonchev–Trinajstić information content (AvgIpc) is 2.91. The largest absolute Gasteiger partial charge is 0.465 e. The zero-order valence-electron chi connectivity index (χ0n) is 13.4. The second kappa shape index (κ2) is 10.2. The van der Waals surface area contributed by atoms with Gasteiger partial charge in [0.1, 0.15) is 11.5 Å². The average molecular weight is 328 g/mol. The van der Waals surface area contributed by atoms with Gasteiger partial charge in [-0.25, -0.2) is 0 Å². The van der Waals surface area contributed by atoms with Crippen LogP contribution in [0.25, 0.3) is 0 Å². The Bertz CT molecular complexity index is 488. The molecule has 22 heavy (non-hydrogen) atoms. The number of nitro groups is 1. The van der Waals surface area contributed by atoms with Gasteiger partial charge in [0.05, 0.1) is 5.75 Å². The minimum atomic E-state index is -0.388. The molecule has 0 atom stereocenters. The highest BCUT2D eigenvalue weighted by Gasteiger charge is 2.06. The van der Waals surface area contributed by atoms with Crippen molar-refractivity contribution in [3.63, 3.8) is 0 Å². The smallest absolute Gasteiger partial charge is 0.259 e. The molecule has 0 amide bonds. The summed E-state index contributed by atoms with van der Waals surface area (Å²) in [6.45, 7) is 1.37. The quantitative estimate of drug-likeness (QED) is 0.230. The Balaban J connectivity index is 2.18. The summed E-state index contributed by atoms with van der Waals surface area (Å²) in [5.41, 5.74) is 0. The van der Waals surface area contributed by atoms with E-state index in [1.807, 2.05) is 26.2 Å². The van der Waals surface area contributed by atoms with E-state index in [1.54, 1.807) is 18.8 Å². The maximum absolute atomic E-state index is 10.4. The van der Waals surface area contributed by atoms with Crippen LogP contribution in [-0.4, -0.2) is 62.2 Å². The highest BCUT2D eigenvalue weighted by atomic mass is 32.2. The Morgan fingerprint density at radius 1 is 1.45 bits per heavy atom. The van der Waals surface area contributed by atoms with Crippen molar-refractivity contribution < 1.29 is 9.34 Å². The molecule has 1 aromatic rings. The summed E-state index contributed by atoms with van der Waals surface area (Å²) in [5.74, 6) is 4.03. The lowest BCUT2D eigenvalue weighted by Gasteiger charge is -2.07. The maximum Gasteiger partial charge on any atom is 0.259 e. The van der Waals surface area contributed by atoms with E-state index in [4.69, 9.17) is 4.42 Å². The molecule has 0 fully saturated rings. The molecule has 8 heteroatoms.